The number of hydrogen-bond acceptors (Lipinski definition) is 4. The Hall–Kier alpha value is -0.740. The standard InChI is InChI=1S/C10H16N2OS/c1-8(13)4-5-12(3)6-10-9(2)11-7-14-10/h7H,4-6H2,1-3H3. The number of rotatable bonds is 5. The topological polar surface area (TPSA) is 33.2 Å². The van der Waals surface area contributed by atoms with E-state index >= 15 is 0 Å². The molecule has 0 atom stereocenters. The van der Waals surface area contributed by atoms with Crippen LogP contribution in [0.1, 0.15) is 23.9 Å². The fourth-order valence-electron chi connectivity index (χ4n) is 1.15. The lowest BCUT2D eigenvalue weighted by molar-refractivity contribution is -0.117. The highest BCUT2D eigenvalue weighted by molar-refractivity contribution is 7.09. The van der Waals surface area contributed by atoms with Gasteiger partial charge in [0.05, 0.1) is 11.2 Å². The minimum absolute atomic E-state index is 0.248. The van der Waals surface area contributed by atoms with Gasteiger partial charge in [-0.2, -0.15) is 0 Å². The molecule has 78 valence electrons. The highest BCUT2D eigenvalue weighted by atomic mass is 32.1. The largest absolute Gasteiger partial charge is 0.301 e. The summed E-state index contributed by atoms with van der Waals surface area (Å²) in [6, 6.07) is 0. The number of aryl methyl sites for hydroxylation is 1. The summed E-state index contributed by atoms with van der Waals surface area (Å²) in [5.74, 6) is 0.248. The van der Waals surface area contributed by atoms with Gasteiger partial charge >= 0.3 is 0 Å². The van der Waals surface area contributed by atoms with Crippen molar-refractivity contribution in [3.8, 4) is 0 Å². The van der Waals surface area contributed by atoms with Crippen molar-refractivity contribution in [2.75, 3.05) is 13.6 Å². The normalized spacial score (nSPS) is 10.9. The molecule has 1 heterocycles. The van der Waals surface area contributed by atoms with Crippen molar-refractivity contribution in [2.24, 2.45) is 0 Å². The van der Waals surface area contributed by atoms with Crippen molar-refractivity contribution in [1.82, 2.24) is 9.88 Å². The molecule has 0 saturated carbocycles. The molecule has 1 aromatic rings. The molecule has 0 saturated heterocycles. The Morgan fingerprint density at radius 1 is 1.64 bits per heavy atom. The molecule has 14 heavy (non-hydrogen) atoms. The Morgan fingerprint density at radius 2 is 2.36 bits per heavy atom. The van der Waals surface area contributed by atoms with Crippen molar-refractivity contribution in [2.45, 2.75) is 26.8 Å². The van der Waals surface area contributed by atoms with E-state index in [4.69, 9.17) is 0 Å². The zero-order valence-electron chi connectivity index (χ0n) is 8.91. The van der Waals surface area contributed by atoms with E-state index in [1.54, 1.807) is 18.3 Å². The molecule has 0 bridgehead atoms. The Morgan fingerprint density at radius 3 is 2.86 bits per heavy atom. The number of carbonyl (C=O) groups excluding carboxylic acids is 1. The molecule has 0 spiro atoms. The third kappa shape index (κ3) is 3.55. The van der Waals surface area contributed by atoms with E-state index in [0.29, 0.717) is 6.42 Å². The summed E-state index contributed by atoms with van der Waals surface area (Å²) in [4.78, 5) is 18.4. The van der Waals surface area contributed by atoms with Crippen LogP contribution >= 0.6 is 11.3 Å². The summed E-state index contributed by atoms with van der Waals surface area (Å²) < 4.78 is 0. The van der Waals surface area contributed by atoms with Crippen LogP contribution < -0.4 is 0 Å². The zero-order valence-corrected chi connectivity index (χ0v) is 9.73. The average Bonchev–Trinajstić information content (AvgIpc) is 2.49. The van der Waals surface area contributed by atoms with Gasteiger partial charge in [0.1, 0.15) is 5.78 Å². The minimum Gasteiger partial charge on any atom is -0.301 e. The Balaban J connectivity index is 2.37. The van der Waals surface area contributed by atoms with E-state index in [9.17, 15) is 4.79 Å². The van der Waals surface area contributed by atoms with E-state index in [0.717, 1.165) is 18.8 Å². The molecule has 1 rings (SSSR count). The van der Waals surface area contributed by atoms with Crippen LogP contribution in [-0.4, -0.2) is 29.3 Å². The SMILES string of the molecule is CC(=O)CCN(C)Cc1scnc1C. The van der Waals surface area contributed by atoms with Crippen LogP contribution in [0.3, 0.4) is 0 Å². The zero-order chi connectivity index (χ0) is 10.6. The second-order valence-electron chi connectivity index (χ2n) is 3.55. The third-order valence-electron chi connectivity index (χ3n) is 2.10. The average molecular weight is 212 g/mol. The molecule has 1 aromatic heterocycles. The van der Waals surface area contributed by atoms with Crippen LogP contribution in [0.2, 0.25) is 0 Å². The maximum absolute atomic E-state index is 10.8. The summed E-state index contributed by atoms with van der Waals surface area (Å²) in [6.45, 7) is 5.37. The third-order valence-corrected chi connectivity index (χ3v) is 3.02. The van der Waals surface area contributed by atoms with Gasteiger partial charge in [-0.3, -0.25) is 4.79 Å². The molecule has 4 heteroatoms. The van der Waals surface area contributed by atoms with Gasteiger partial charge in [-0.1, -0.05) is 0 Å². The molecule has 0 unspecified atom stereocenters. The number of hydrogen-bond donors (Lipinski definition) is 0. The van der Waals surface area contributed by atoms with Gasteiger partial charge in [0, 0.05) is 24.4 Å². The number of Topliss-reactive ketones (excluding diaryl/α,β-unsaturated/α-hetero) is 1. The van der Waals surface area contributed by atoms with E-state index in [1.807, 2.05) is 19.5 Å². The molecule has 0 fully saturated rings. The van der Waals surface area contributed by atoms with Gasteiger partial charge in [-0.05, 0) is 20.9 Å². The van der Waals surface area contributed by atoms with E-state index in [1.165, 1.54) is 4.88 Å². The van der Waals surface area contributed by atoms with Crippen molar-refractivity contribution in [3.05, 3.63) is 16.1 Å². The van der Waals surface area contributed by atoms with Crippen LogP contribution in [0.25, 0.3) is 0 Å². The van der Waals surface area contributed by atoms with Crippen molar-refractivity contribution >= 4 is 17.1 Å². The number of carbonyl (C=O) groups is 1. The van der Waals surface area contributed by atoms with Crippen LogP contribution in [0.4, 0.5) is 0 Å². The Labute approximate surface area is 88.8 Å². The Bertz CT molecular complexity index is 309. The van der Waals surface area contributed by atoms with Crippen molar-refractivity contribution < 1.29 is 4.79 Å². The Kier molecular flexibility index (Phi) is 4.22. The summed E-state index contributed by atoms with van der Waals surface area (Å²) in [6.07, 6.45) is 0.633. The first-order valence-electron chi connectivity index (χ1n) is 4.66. The first-order chi connectivity index (χ1) is 6.59. The van der Waals surface area contributed by atoms with E-state index in [-0.39, 0.29) is 5.78 Å². The molecule has 0 aromatic carbocycles. The maximum Gasteiger partial charge on any atom is 0.131 e. The highest BCUT2D eigenvalue weighted by Gasteiger charge is 2.05. The van der Waals surface area contributed by atoms with Gasteiger partial charge < -0.3 is 4.90 Å². The minimum atomic E-state index is 0.248. The van der Waals surface area contributed by atoms with Crippen LogP contribution in [0, 0.1) is 6.92 Å². The van der Waals surface area contributed by atoms with Crippen molar-refractivity contribution in [3.63, 3.8) is 0 Å². The first kappa shape index (κ1) is 11.3. The fraction of sp³-hybridized carbons (Fsp3) is 0.600. The second-order valence-corrected chi connectivity index (χ2v) is 4.49. The number of aromatic nitrogens is 1. The number of nitrogens with zero attached hydrogens (tertiary/aromatic N) is 2. The molecule has 0 aliphatic rings. The molecular formula is C10H16N2OS. The first-order valence-corrected chi connectivity index (χ1v) is 5.54. The molecule has 0 aliphatic carbocycles. The van der Waals surface area contributed by atoms with Gasteiger partial charge in [0.2, 0.25) is 0 Å². The predicted octanol–water partition coefficient (Wildman–Crippen LogP) is 1.86. The number of thiazole rings is 1. The smallest absolute Gasteiger partial charge is 0.131 e. The van der Waals surface area contributed by atoms with Gasteiger partial charge in [-0.15, -0.1) is 11.3 Å². The van der Waals surface area contributed by atoms with E-state index in [2.05, 4.69) is 9.88 Å². The van der Waals surface area contributed by atoms with Gasteiger partial charge in [0.25, 0.3) is 0 Å². The lowest BCUT2D eigenvalue weighted by atomic mass is 10.3. The maximum atomic E-state index is 10.8. The van der Waals surface area contributed by atoms with Crippen LogP contribution in [0.5, 0.6) is 0 Å². The molecule has 3 nitrogen and oxygen atoms in total. The molecule has 0 amide bonds. The van der Waals surface area contributed by atoms with Gasteiger partial charge in [-0.25, -0.2) is 4.98 Å². The van der Waals surface area contributed by atoms with Crippen LogP contribution in [0.15, 0.2) is 5.51 Å². The second kappa shape index (κ2) is 5.22. The summed E-state index contributed by atoms with van der Waals surface area (Å²) in [5, 5.41) is 0. The molecular weight excluding hydrogens is 196 g/mol. The molecule has 0 N–H and O–H groups in total. The van der Waals surface area contributed by atoms with E-state index < -0.39 is 0 Å². The summed E-state index contributed by atoms with van der Waals surface area (Å²) in [7, 11) is 2.03. The molecule has 0 aliphatic heterocycles. The fourth-order valence-corrected chi connectivity index (χ4v) is 2.01. The lowest BCUT2D eigenvalue weighted by Crippen LogP contribution is -2.20. The number of ketones is 1. The summed E-state index contributed by atoms with van der Waals surface area (Å²) >= 11 is 1.67. The van der Waals surface area contributed by atoms with Crippen molar-refractivity contribution in [1.29, 1.82) is 0 Å². The highest BCUT2D eigenvalue weighted by Crippen LogP contribution is 2.13. The quantitative estimate of drug-likeness (QED) is 0.747. The lowest BCUT2D eigenvalue weighted by Gasteiger charge is -2.14. The van der Waals surface area contributed by atoms with Crippen LogP contribution in [-0.2, 0) is 11.3 Å². The molecule has 0 radical (unpaired) electrons. The monoisotopic (exact) mass is 212 g/mol. The summed E-state index contributed by atoms with van der Waals surface area (Å²) in [5.41, 5.74) is 2.97. The van der Waals surface area contributed by atoms with Gasteiger partial charge in [0.15, 0.2) is 0 Å². The predicted molar refractivity (Wildman–Crippen MR) is 58.5 cm³/mol.